The van der Waals surface area contributed by atoms with E-state index in [2.05, 4.69) is 5.32 Å². The normalized spacial score (nSPS) is 11.9. The molecule has 0 bridgehead atoms. The van der Waals surface area contributed by atoms with E-state index in [-0.39, 0.29) is 6.42 Å². The second-order valence-corrected chi connectivity index (χ2v) is 6.15. The summed E-state index contributed by atoms with van der Waals surface area (Å²) in [4.78, 5) is 23.9. The number of carbonyl (C=O) groups excluding carboxylic acids is 1. The molecule has 0 unspecified atom stereocenters. The molecule has 5 heteroatoms. The largest absolute Gasteiger partial charge is 0.480 e. The van der Waals surface area contributed by atoms with Crippen LogP contribution in [-0.2, 0) is 11.2 Å². The summed E-state index contributed by atoms with van der Waals surface area (Å²) in [5, 5.41) is 14.6. The fraction of sp³-hybridized carbons (Fsp3) is 0.100. The smallest absolute Gasteiger partial charge is 0.326 e. The van der Waals surface area contributed by atoms with E-state index in [9.17, 15) is 14.7 Å². The molecular weight excluding hydrogens is 338 g/mol. The number of hydrogen-bond acceptors (Lipinski definition) is 2. The minimum absolute atomic E-state index is 0.204. The standard InChI is InChI=1S/C20H16ClNO3/c21-16-10-8-14(9-11-16)19(23)22-18(20(24)25)12-15-6-3-5-13-4-1-2-7-17(13)15/h1-11,18H,12H2,(H,22,23)(H,24,25)/t18-/m0/s1. The minimum Gasteiger partial charge on any atom is -0.480 e. The van der Waals surface area contributed by atoms with Gasteiger partial charge in [0.2, 0.25) is 0 Å². The molecule has 0 saturated carbocycles. The van der Waals surface area contributed by atoms with Crippen molar-refractivity contribution in [3.05, 3.63) is 82.9 Å². The van der Waals surface area contributed by atoms with Crippen LogP contribution in [0.1, 0.15) is 15.9 Å². The molecule has 0 aromatic heterocycles. The van der Waals surface area contributed by atoms with Crippen LogP contribution < -0.4 is 5.32 Å². The predicted octanol–water partition coefficient (Wildman–Crippen LogP) is 3.92. The lowest BCUT2D eigenvalue weighted by Gasteiger charge is -2.16. The number of hydrogen-bond donors (Lipinski definition) is 2. The average Bonchev–Trinajstić information content (AvgIpc) is 2.61. The van der Waals surface area contributed by atoms with E-state index in [0.29, 0.717) is 10.6 Å². The Morgan fingerprint density at radius 2 is 1.64 bits per heavy atom. The predicted molar refractivity (Wildman–Crippen MR) is 98.0 cm³/mol. The van der Waals surface area contributed by atoms with Crippen LogP contribution in [0.15, 0.2) is 66.7 Å². The fourth-order valence-electron chi connectivity index (χ4n) is 2.73. The molecule has 0 aliphatic rings. The monoisotopic (exact) mass is 353 g/mol. The number of rotatable bonds is 5. The molecule has 0 fully saturated rings. The zero-order valence-corrected chi connectivity index (χ0v) is 14.0. The van der Waals surface area contributed by atoms with Gasteiger partial charge in [-0.15, -0.1) is 0 Å². The first kappa shape index (κ1) is 17.0. The third kappa shape index (κ3) is 3.98. The molecule has 3 rings (SSSR count). The first-order valence-electron chi connectivity index (χ1n) is 7.80. The third-order valence-corrected chi connectivity index (χ3v) is 4.27. The van der Waals surface area contributed by atoms with Crippen molar-refractivity contribution in [3.63, 3.8) is 0 Å². The van der Waals surface area contributed by atoms with Gasteiger partial charge in [-0.2, -0.15) is 0 Å². The quantitative estimate of drug-likeness (QED) is 0.730. The van der Waals surface area contributed by atoms with E-state index in [0.717, 1.165) is 16.3 Å². The number of benzene rings is 3. The molecule has 0 radical (unpaired) electrons. The Bertz CT molecular complexity index is 916. The highest BCUT2D eigenvalue weighted by Crippen LogP contribution is 2.20. The molecule has 2 N–H and O–H groups in total. The minimum atomic E-state index is -1.07. The number of aliphatic carboxylic acids is 1. The molecule has 1 amide bonds. The van der Waals surface area contributed by atoms with Gasteiger partial charge in [-0.05, 0) is 40.6 Å². The first-order chi connectivity index (χ1) is 12.0. The lowest BCUT2D eigenvalue weighted by Crippen LogP contribution is -2.42. The SMILES string of the molecule is O=C(N[C@@H](Cc1cccc2ccccc12)C(=O)O)c1ccc(Cl)cc1. The summed E-state index contributed by atoms with van der Waals surface area (Å²) in [6.45, 7) is 0. The summed E-state index contributed by atoms with van der Waals surface area (Å²) >= 11 is 5.81. The van der Waals surface area contributed by atoms with Crippen LogP contribution in [-0.4, -0.2) is 23.0 Å². The fourth-order valence-corrected chi connectivity index (χ4v) is 2.86. The molecule has 0 aliphatic carbocycles. The van der Waals surface area contributed by atoms with E-state index in [1.54, 1.807) is 24.3 Å². The lowest BCUT2D eigenvalue weighted by molar-refractivity contribution is -0.139. The van der Waals surface area contributed by atoms with E-state index >= 15 is 0 Å². The Hall–Kier alpha value is -2.85. The Morgan fingerprint density at radius 3 is 2.36 bits per heavy atom. The number of carbonyl (C=O) groups is 2. The van der Waals surface area contributed by atoms with E-state index in [1.807, 2.05) is 42.5 Å². The van der Waals surface area contributed by atoms with Crippen molar-refractivity contribution >= 4 is 34.2 Å². The van der Waals surface area contributed by atoms with E-state index in [4.69, 9.17) is 11.6 Å². The average molecular weight is 354 g/mol. The summed E-state index contributed by atoms with van der Waals surface area (Å²) in [6, 6.07) is 18.8. The Labute approximate surface area is 150 Å². The first-order valence-corrected chi connectivity index (χ1v) is 8.18. The Morgan fingerprint density at radius 1 is 0.960 bits per heavy atom. The Balaban J connectivity index is 1.83. The van der Waals surface area contributed by atoms with Crippen LogP contribution in [0.5, 0.6) is 0 Å². The van der Waals surface area contributed by atoms with Gasteiger partial charge < -0.3 is 10.4 Å². The highest BCUT2D eigenvalue weighted by molar-refractivity contribution is 6.30. The molecule has 0 spiro atoms. The van der Waals surface area contributed by atoms with Gasteiger partial charge in [0.15, 0.2) is 0 Å². The molecule has 1 atom stereocenters. The van der Waals surface area contributed by atoms with Gasteiger partial charge in [-0.3, -0.25) is 4.79 Å². The van der Waals surface area contributed by atoms with Gasteiger partial charge in [0.1, 0.15) is 6.04 Å². The van der Waals surface area contributed by atoms with Crippen molar-refractivity contribution in [2.24, 2.45) is 0 Å². The maximum absolute atomic E-state index is 12.3. The molecule has 25 heavy (non-hydrogen) atoms. The van der Waals surface area contributed by atoms with E-state index in [1.165, 1.54) is 0 Å². The number of nitrogens with one attached hydrogen (secondary N) is 1. The van der Waals surface area contributed by atoms with Gasteiger partial charge in [0, 0.05) is 17.0 Å². The maximum Gasteiger partial charge on any atom is 0.326 e. The molecule has 126 valence electrons. The van der Waals surface area contributed by atoms with E-state index < -0.39 is 17.9 Å². The van der Waals surface area contributed by atoms with Gasteiger partial charge in [0.05, 0.1) is 0 Å². The van der Waals surface area contributed by atoms with Gasteiger partial charge in [-0.1, -0.05) is 54.1 Å². The summed E-state index contributed by atoms with van der Waals surface area (Å²) in [5.74, 6) is -1.51. The molecule has 3 aromatic carbocycles. The lowest BCUT2D eigenvalue weighted by atomic mass is 9.98. The maximum atomic E-state index is 12.3. The summed E-state index contributed by atoms with van der Waals surface area (Å²) in [5.41, 5.74) is 1.25. The zero-order valence-electron chi connectivity index (χ0n) is 13.3. The van der Waals surface area contributed by atoms with Gasteiger partial charge in [0.25, 0.3) is 5.91 Å². The summed E-state index contributed by atoms with van der Waals surface area (Å²) in [7, 11) is 0. The van der Waals surface area contributed by atoms with Crippen molar-refractivity contribution in [1.82, 2.24) is 5.32 Å². The molecule has 0 saturated heterocycles. The number of halogens is 1. The molecular formula is C20H16ClNO3. The van der Waals surface area contributed by atoms with Crippen molar-refractivity contribution < 1.29 is 14.7 Å². The molecule has 0 aliphatic heterocycles. The van der Waals surface area contributed by atoms with Crippen LogP contribution in [0.4, 0.5) is 0 Å². The zero-order chi connectivity index (χ0) is 17.8. The second kappa shape index (κ2) is 7.36. The molecule has 3 aromatic rings. The van der Waals surface area contributed by atoms with Crippen molar-refractivity contribution in [2.45, 2.75) is 12.5 Å². The number of carboxylic acid groups (broad SMARTS) is 1. The second-order valence-electron chi connectivity index (χ2n) is 5.71. The third-order valence-electron chi connectivity index (χ3n) is 4.01. The molecule has 0 heterocycles. The Kier molecular flexibility index (Phi) is 5.00. The van der Waals surface area contributed by atoms with Crippen LogP contribution in [0, 0.1) is 0 Å². The highest BCUT2D eigenvalue weighted by Gasteiger charge is 2.22. The van der Waals surface area contributed by atoms with Crippen molar-refractivity contribution in [3.8, 4) is 0 Å². The summed E-state index contributed by atoms with van der Waals surface area (Å²) < 4.78 is 0. The van der Waals surface area contributed by atoms with Crippen LogP contribution >= 0.6 is 11.6 Å². The van der Waals surface area contributed by atoms with Crippen molar-refractivity contribution in [2.75, 3.05) is 0 Å². The number of amides is 1. The molecule has 4 nitrogen and oxygen atoms in total. The van der Waals surface area contributed by atoms with Gasteiger partial charge in [-0.25, -0.2) is 4.79 Å². The van der Waals surface area contributed by atoms with Crippen LogP contribution in [0.25, 0.3) is 10.8 Å². The summed E-state index contributed by atoms with van der Waals surface area (Å²) in [6.07, 6.45) is 0.204. The van der Waals surface area contributed by atoms with Crippen LogP contribution in [0.2, 0.25) is 5.02 Å². The van der Waals surface area contributed by atoms with Crippen molar-refractivity contribution in [1.29, 1.82) is 0 Å². The number of fused-ring (bicyclic) bond motifs is 1. The van der Waals surface area contributed by atoms with Crippen LogP contribution in [0.3, 0.4) is 0 Å². The van der Waals surface area contributed by atoms with Gasteiger partial charge >= 0.3 is 5.97 Å². The topological polar surface area (TPSA) is 66.4 Å². The number of carboxylic acids is 1. The highest BCUT2D eigenvalue weighted by atomic mass is 35.5.